The van der Waals surface area contributed by atoms with E-state index in [1.807, 2.05) is 0 Å². The van der Waals surface area contributed by atoms with Crippen molar-refractivity contribution < 1.29 is 4.74 Å². The van der Waals surface area contributed by atoms with Crippen molar-refractivity contribution in [2.24, 2.45) is 11.7 Å². The lowest BCUT2D eigenvalue weighted by Gasteiger charge is -2.29. The molecule has 0 bridgehead atoms. The molecule has 4 nitrogen and oxygen atoms in total. The monoisotopic (exact) mass is 269 g/mol. The van der Waals surface area contributed by atoms with E-state index >= 15 is 0 Å². The Morgan fingerprint density at radius 2 is 2.17 bits per heavy atom. The van der Waals surface area contributed by atoms with Gasteiger partial charge in [0, 0.05) is 18.5 Å². The van der Waals surface area contributed by atoms with Crippen LogP contribution < -0.4 is 5.73 Å². The Morgan fingerprint density at radius 1 is 1.44 bits per heavy atom. The summed E-state index contributed by atoms with van der Waals surface area (Å²) in [6, 6.07) is 0. The Morgan fingerprint density at radius 3 is 2.78 bits per heavy atom. The predicted molar refractivity (Wildman–Crippen MR) is 74.4 cm³/mol. The Kier molecular flexibility index (Phi) is 5.12. The molecule has 1 fully saturated rings. The number of nitrogens with two attached hydrogens (primary N) is 1. The molecule has 102 valence electrons. The molecular weight excluding hydrogens is 246 g/mol. The van der Waals surface area contributed by atoms with Gasteiger partial charge in [0.25, 0.3) is 0 Å². The van der Waals surface area contributed by atoms with Crippen molar-refractivity contribution in [2.45, 2.75) is 39.5 Å². The number of likely N-dealkylation sites (tertiary alicyclic amines) is 1. The third kappa shape index (κ3) is 3.51. The van der Waals surface area contributed by atoms with Crippen LogP contribution in [0, 0.1) is 5.92 Å². The highest BCUT2D eigenvalue weighted by atomic mass is 32.1. The zero-order valence-corrected chi connectivity index (χ0v) is 12.1. The number of nitrogens with zero attached hydrogens (tertiary/aromatic N) is 2. The number of methoxy groups -OCH3 is 1. The molecule has 1 aliphatic rings. The number of hydrogen-bond acceptors (Lipinski definition) is 5. The number of ether oxygens (including phenoxy) is 1. The van der Waals surface area contributed by atoms with Gasteiger partial charge in [-0.3, -0.25) is 4.90 Å². The van der Waals surface area contributed by atoms with E-state index in [2.05, 4.69) is 16.8 Å². The quantitative estimate of drug-likeness (QED) is 0.888. The summed E-state index contributed by atoms with van der Waals surface area (Å²) in [6.07, 6.45) is 2.61. The number of rotatable bonds is 5. The molecule has 0 atom stereocenters. The van der Waals surface area contributed by atoms with Gasteiger partial charge in [-0.15, -0.1) is 11.3 Å². The third-order valence-corrected chi connectivity index (χ3v) is 4.63. The molecular formula is C13H23N3OS. The summed E-state index contributed by atoms with van der Waals surface area (Å²) < 4.78 is 5.16. The fourth-order valence-electron chi connectivity index (χ4n) is 2.32. The normalized spacial score (nSPS) is 18.4. The summed E-state index contributed by atoms with van der Waals surface area (Å²) >= 11 is 1.74. The first-order valence-corrected chi connectivity index (χ1v) is 7.43. The Hall–Kier alpha value is -0.490. The fourth-order valence-corrected chi connectivity index (χ4v) is 3.32. The molecule has 2 N–H and O–H groups in total. The van der Waals surface area contributed by atoms with Gasteiger partial charge in [-0.1, -0.05) is 6.92 Å². The van der Waals surface area contributed by atoms with Crippen molar-refractivity contribution in [3.63, 3.8) is 0 Å². The second-order valence-electron chi connectivity index (χ2n) is 5.07. The first-order valence-electron chi connectivity index (χ1n) is 6.61. The molecule has 1 aromatic rings. The van der Waals surface area contributed by atoms with Crippen LogP contribution in [-0.4, -0.2) is 30.1 Å². The zero-order chi connectivity index (χ0) is 13.0. The van der Waals surface area contributed by atoms with Crippen LogP contribution in [0.2, 0.25) is 0 Å². The molecule has 0 amide bonds. The first-order chi connectivity index (χ1) is 8.72. The molecule has 0 aromatic carbocycles. The van der Waals surface area contributed by atoms with E-state index in [-0.39, 0.29) is 0 Å². The predicted octanol–water partition coefficient (Wildman–Crippen LogP) is 1.98. The van der Waals surface area contributed by atoms with Crippen LogP contribution in [0.3, 0.4) is 0 Å². The van der Waals surface area contributed by atoms with Gasteiger partial charge in [0.1, 0.15) is 5.01 Å². The molecule has 2 heterocycles. The van der Waals surface area contributed by atoms with Crippen molar-refractivity contribution in [2.75, 3.05) is 20.2 Å². The van der Waals surface area contributed by atoms with Crippen LogP contribution in [0.5, 0.6) is 0 Å². The maximum atomic E-state index is 5.75. The van der Waals surface area contributed by atoms with Gasteiger partial charge in [-0.05, 0) is 31.8 Å². The minimum absolute atomic E-state index is 0.563. The highest BCUT2D eigenvalue weighted by molar-refractivity contribution is 7.11. The highest BCUT2D eigenvalue weighted by Gasteiger charge is 2.18. The SMILES string of the molecule is COCc1nc(CN2CCC(C)CC2)sc1CN. The Balaban J connectivity index is 1.96. The van der Waals surface area contributed by atoms with Gasteiger partial charge in [-0.25, -0.2) is 4.98 Å². The van der Waals surface area contributed by atoms with Crippen molar-refractivity contribution in [1.82, 2.24) is 9.88 Å². The zero-order valence-electron chi connectivity index (χ0n) is 11.3. The van der Waals surface area contributed by atoms with E-state index in [1.165, 1.54) is 30.9 Å². The van der Waals surface area contributed by atoms with E-state index < -0.39 is 0 Å². The molecule has 18 heavy (non-hydrogen) atoms. The fraction of sp³-hybridized carbons (Fsp3) is 0.769. The second-order valence-corrected chi connectivity index (χ2v) is 6.24. The van der Waals surface area contributed by atoms with Crippen LogP contribution in [0.4, 0.5) is 0 Å². The maximum Gasteiger partial charge on any atom is 0.107 e. The molecule has 0 spiro atoms. The van der Waals surface area contributed by atoms with Crippen molar-refractivity contribution in [1.29, 1.82) is 0 Å². The molecule has 2 rings (SSSR count). The van der Waals surface area contributed by atoms with Gasteiger partial charge >= 0.3 is 0 Å². The summed E-state index contributed by atoms with van der Waals surface area (Å²) in [4.78, 5) is 8.32. The average Bonchev–Trinajstić information content (AvgIpc) is 2.75. The number of aromatic nitrogens is 1. The van der Waals surface area contributed by atoms with Gasteiger partial charge in [0.05, 0.1) is 18.8 Å². The summed E-state index contributed by atoms with van der Waals surface area (Å²) in [6.45, 7) is 6.82. The van der Waals surface area contributed by atoms with Gasteiger partial charge in [-0.2, -0.15) is 0 Å². The lowest BCUT2D eigenvalue weighted by atomic mass is 9.99. The first kappa shape index (κ1) is 13.9. The summed E-state index contributed by atoms with van der Waals surface area (Å²) in [5, 5.41) is 1.18. The van der Waals surface area contributed by atoms with Crippen LogP contribution in [0.1, 0.15) is 35.3 Å². The number of piperidine rings is 1. The van der Waals surface area contributed by atoms with E-state index in [0.717, 1.165) is 23.0 Å². The van der Waals surface area contributed by atoms with Crippen LogP contribution >= 0.6 is 11.3 Å². The van der Waals surface area contributed by atoms with E-state index in [9.17, 15) is 0 Å². The lowest BCUT2D eigenvalue weighted by molar-refractivity contribution is 0.178. The summed E-state index contributed by atoms with van der Waals surface area (Å²) in [5.41, 5.74) is 6.77. The van der Waals surface area contributed by atoms with E-state index in [4.69, 9.17) is 10.5 Å². The minimum Gasteiger partial charge on any atom is -0.378 e. The van der Waals surface area contributed by atoms with Crippen LogP contribution in [-0.2, 0) is 24.4 Å². The van der Waals surface area contributed by atoms with Crippen molar-refractivity contribution in [3.8, 4) is 0 Å². The van der Waals surface area contributed by atoms with E-state index in [1.54, 1.807) is 18.4 Å². The highest BCUT2D eigenvalue weighted by Crippen LogP contribution is 2.23. The molecule has 0 aliphatic carbocycles. The van der Waals surface area contributed by atoms with Gasteiger partial charge in [0.2, 0.25) is 0 Å². The van der Waals surface area contributed by atoms with Crippen molar-refractivity contribution in [3.05, 3.63) is 15.6 Å². The molecule has 0 unspecified atom stereocenters. The number of hydrogen-bond donors (Lipinski definition) is 1. The summed E-state index contributed by atoms with van der Waals surface area (Å²) in [5.74, 6) is 0.876. The van der Waals surface area contributed by atoms with Crippen LogP contribution in [0.15, 0.2) is 0 Å². The molecule has 0 saturated carbocycles. The van der Waals surface area contributed by atoms with E-state index in [0.29, 0.717) is 13.2 Å². The molecule has 1 aliphatic heterocycles. The third-order valence-electron chi connectivity index (χ3n) is 3.52. The Labute approximate surface area is 113 Å². The molecule has 1 aromatic heterocycles. The van der Waals surface area contributed by atoms with Crippen LogP contribution in [0.25, 0.3) is 0 Å². The lowest BCUT2D eigenvalue weighted by Crippen LogP contribution is -2.32. The Bertz CT molecular complexity index is 372. The second kappa shape index (κ2) is 6.61. The minimum atomic E-state index is 0.563. The molecule has 5 heteroatoms. The van der Waals surface area contributed by atoms with Gasteiger partial charge < -0.3 is 10.5 Å². The standard InChI is InChI=1S/C13H23N3OS/c1-10-3-5-16(6-4-10)8-13-15-11(9-17-2)12(7-14)18-13/h10H,3-9,14H2,1-2H3. The van der Waals surface area contributed by atoms with Gasteiger partial charge in [0.15, 0.2) is 0 Å². The number of thiazole rings is 1. The largest absolute Gasteiger partial charge is 0.378 e. The maximum absolute atomic E-state index is 5.75. The smallest absolute Gasteiger partial charge is 0.107 e. The molecule has 1 saturated heterocycles. The summed E-state index contributed by atoms with van der Waals surface area (Å²) in [7, 11) is 1.70. The molecule has 0 radical (unpaired) electrons. The topological polar surface area (TPSA) is 51.4 Å². The van der Waals surface area contributed by atoms with Crippen molar-refractivity contribution >= 4 is 11.3 Å². The average molecular weight is 269 g/mol.